The molecular formula is C20H22N2O2S. The molecule has 0 atom stereocenters. The zero-order chi connectivity index (χ0) is 18.0. The molecule has 2 aromatic carbocycles. The van der Waals surface area contributed by atoms with E-state index in [1.165, 1.54) is 22.5 Å². The average Bonchev–Trinajstić information content (AvgIpc) is 3.00. The summed E-state index contributed by atoms with van der Waals surface area (Å²) in [5.74, 6) is 0.923. The molecule has 5 heteroatoms. The fourth-order valence-corrected chi connectivity index (χ4v) is 3.49. The highest BCUT2D eigenvalue weighted by Gasteiger charge is 2.11. The molecule has 130 valence electrons. The number of carbonyl (C=O) groups is 1. The van der Waals surface area contributed by atoms with Crippen LogP contribution in [0.25, 0.3) is 10.2 Å². The molecule has 0 aliphatic rings. The predicted molar refractivity (Wildman–Crippen MR) is 104 cm³/mol. The molecule has 0 fully saturated rings. The van der Waals surface area contributed by atoms with Crippen molar-refractivity contribution in [2.45, 2.75) is 33.6 Å². The van der Waals surface area contributed by atoms with Gasteiger partial charge in [-0.05, 0) is 54.7 Å². The fourth-order valence-electron chi connectivity index (χ4n) is 2.55. The van der Waals surface area contributed by atoms with E-state index in [0.717, 1.165) is 15.8 Å². The molecule has 0 radical (unpaired) electrons. The van der Waals surface area contributed by atoms with Crippen LogP contribution in [0, 0.1) is 13.8 Å². The number of aryl methyl sites for hydroxylation is 2. The molecule has 1 N–H and O–H groups in total. The van der Waals surface area contributed by atoms with E-state index in [1.807, 2.05) is 31.2 Å². The largest absolute Gasteiger partial charge is 0.484 e. The minimum absolute atomic E-state index is 0.0323. The predicted octanol–water partition coefficient (Wildman–Crippen LogP) is 5.05. The van der Waals surface area contributed by atoms with Crippen LogP contribution in [0.2, 0.25) is 0 Å². The summed E-state index contributed by atoms with van der Waals surface area (Å²) in [6.45, 7) is 8.33. The Morgan fingerprint density at radius 3 is 2.80 bits per heavy atom. The first-order chi connectivity index (χ1) is 11.9. The Kier molecular flexibility index (Phi) is 5.04. The standard InChI is InChI=1S/C20H22N2O2S/c1-12(2)15-6-5-7-16(10-15)24-11-18(23)21-20-22-19-14(4)13(3)8-9-17(19)25-20/h5-10,12H,11H2,1-4H3,(H,21,22,23). The summed E-state index contributed by atoms with van der Waals surface area (Å²) in [5, 5.41) is 3.43. The van der Waals surface area contributed by atoms with Crippen molar-refractivity contribution in [1.29, 1.82) is 0 Å². The van der Waals surface area contributed by atoms with Crippen molar-refractivity contribution in [3.8, 4) is 5.75 Å². The Bertz CT molecular complexity index is 915. The lowest BCUT2D eigenvalue weighted by Gasteiger charge is -2.09. The van der Waals surface area contributed by atoms with Gasteiger partial charge in [0, 0.05) is 0 Å². The summed E-state index contributed by atoms with van der Waals surface area (Å²) in [5.41, 5.74) is 4.49. The number of aromatic nitrogens is 1. The molecule has 1 heterocycles. The van der Waals surface area contributed by atoms with Crippen molar-refractivity contribution >= 4 is 32.6 Å². The van der Waals surface area contributed by atoms with Crippen molar-refractivity contribution in [1.82, 2.24) is 4.98 Å². The summed E-state index contributed by atoms with van der Waals surface area (Å²) >= 11 is 1.48. The first-order valence-electron chi connectivity index (χ1n) is 8.33. The SMILES string of the molecule is Cc1ccc2sc(NC(=O)COc3cccc(C(C)C)c3)nc2c1C. The number of rotatable bonds is 5. The Hall–Kier alpha value is -2.40. The number of hydrogen-bond acceptors (Lipinski definition) is 4. The van der Waals surface area contributed by atoms with E-state index in [0.29, 0.717) is 16.8 Å². The first kappa shape index (κ1) is 17.4. The summed E-state index contributed by atoms with van der Waals surface area (Å²) in [4.78, 5) is 16.7. The number of carbonyl (C=O) groups excluding carboxylic acids is 1. The lowest BCUT2D eigenvalue weighted by molar-refractivity contribution is -0.118. The van der Waals surface area contributed by atoms with Crippen LogP contribution in [-0.2, 0) is 4.79 Å². The molecule has 25 heavy (non-hydrogen) atoms. The first-order valence-corrected chi connectivity index (χ1v) is 9.15. The van der Waals surface area contributed by atoms with Gasteiger partial charge in [0.05, 0.1) is 10.2 Å². The number of fused-ring (bicyclic) bond motifs is 1. The Morgan fingerprint density at radius 1 is 1.24 bits per heavy atom. The van der Waals surface area contributed by atoms with E-state index in [9.17, 15) is 4.79 Å². The van der Waals surface area contributed by atoms with Crippen LogP contribution < -0.4 is 10.1 Å². The Balaban J connectivity index is 1.65. The summed E-state index contributed by atoms with van der Waals surface area (Å²) < 4.78 is 6.69. The Labute approximate surface area is 151 Å². The third-order valence-electron chi connectivity index (χ3n) is 4.23. The average molecular weight is 354 g/mol. The van der Waals surface area contributed by atoms with Crippen LogP contribution in [0.15, 0.2) is 36.4 Å². The van der Waals surface area contributed by atoms with Crippen molar-refractivity contribution in [2.24, 2.45) is 0 Å². The van der Waals surface area contributed by atoms with E-state index in [-0.39, 0.29) is 12.5 Å². The van der Waals surface area contributed by atoms with Gasteiger partial charge in [0.15, 0.2) is 11.7 Å². The van der Waals surface area contributed by atoms with Crippen molar-refractivity contribution < 1.29 is 9.53 Å². The quantitative estimate of drug-likeness (QED) is 0.697. The number of thiazole rings is 1. The van der Waals surface area contributed by atoms with Crippen LogP contribution >= 0.6 is 11.3 Å². The maximum Gasteiger partial charge on any atom is 0.264 e. The number of amides is 1. The lowest BCUT2D eigenvalue weighted by Crippen LogP contribution is -2.20. The van der Waals surface area contributed by atoms with Gasteiger partial charge in [-0.3, -0.25) is 10.1 Å². The molecule has 3 aromatic rings. The summed E-state index contributed by atoms with van der Waals surface area (Å²) in [6.07, 6.45) is 0. The fraction of sp³-hybridized carbons (Fsp3) is 0.300. The van der Waals surface area contributed by atoms with E-state index in [4.69, 9.17) is 4.74 Å². The second kappa shape index (κ2) is 7.23. The molecule has 0 aliphatic carbocycles. The van der Waals surface area contributed by atoms with Crippen LogP contribution in [0.4, 0.5) is 5.13 Å². The van der Waals surface area contributed by atoms with Gasteiger partial charge < -0.3 is 4.74 Å². The van der Waals surface area contributed by atoms with E-state index in [2.05, 4.69) is 43.2 Å². The molecule has 0 saturated heterocycles. The van der Waals surface area contributed by atoms with Gasteiger partial charge in [0.1, 0.15) is 5.75 Å². The number of hydrogen-bond donors (Lipinski definition) is 1. The summed E-state index contributed by atoms with van der Waals surface area (Å²) in [6, 6.07) is 12.0. The number of anilines is 1. The second-order valence-electron chi connectivity index (χ2n) is 6.44. The van der Waals surface area contributed by atoms with Gasteiger partial charge in [-0.1, -0.05) is 43.4 Å². The third-order valence-corrected chi connectivity index (χ3v) is 5.16. The Morgan fingerprint density at radius 2 is 2.04 bits per heavy atom. The normalized spacial score (nSPS) is 11.1. The van der Waals surface area contributed by atoms with Gasteiger partial charge in [0.2, 0.25) is 0 Å². The van der Waals surface area contributed by atoms with Gasteiger partial charge in [0.25, 0.3) is 5.91 Å². The van der Waals surface area contributed by atoms with Crippen LogP contribution in [-0.4, -0.2) is 17.5 Å². The monoisotopic (exact) mass is 354 g/mol. The smallest absolute Gasteiger partial charge is 0.264 e. The lowest BCUT2D eigenvalue weighted by atomic mass is 10.0. The zero-order valence-corrected chi connectivity index (χ0v) is 15.7. The highest BCUT2D eigenvalue weighted by molar-refractivity contribution is 7.22. The molecular weight excluding hydrogens is 332 g/mol. The van der Waals surface area contributed by atoms with Crippen LogP contribution in [0.1, 0.15) is 36.5 Å². The minimum Gasteiger partial charge on any atom is -0.484 e. The van der Waals surface area contributed by atoms with E-state index in [1.54, 1.807) is 0 Å². The number of ether oxygens (including phenoxy) is 1. The van der Waals surface area contributed by atoms with Gasteiger partial charge in [-0.15, -0.1) is 0 Å². The second-order valence-corrected chi connectivity index (χ2v) is 7.47. The van der Waals surface area contributed by atoms with Gasteiger partial charge >= 0.3 is 0 Å². The molecule has 3 rings (SSSR count). The zero-order valence-electron chi connectivity index (χ0n) is 14.9. The number of nitrogens with one attached hydrogen (secondary N) is 1. The number of benzene rings is 2. The van der Waals surface area contributed by atoms with Crippen LogP contribution in [0.3, 0.4) is 0 Å². The highest BCUT2D eigenvalue weighted by atomic mass is 32.1. The maximum atomic E-state index is 12.2. The molecule has 1 aromatic heterocycles. The molecule has 0 saturated carbocycles. The molecule has 0 aliphatic heterocycles. The third kappa shape index (κ3) is 3.99. The van der Waals surface area contributed by atoms with Crippen LogP contribution in [0.5, 0.6) is 5.75 Å². The van der Waals surface area contributed by atoms with E-state index >= 15 is 0 Å². The molecule has 0 unspecified atom stereocenters. The maximum absolute atomic E-state index is 12.2. The summed E-state index contributed by atoms with van der Waals surface area (Å²) in [7, 11) is 0. The molecule has 0 bridgehead atoms. The van der Waals surface area contributed by atoms with Gasteiger partial charge in [-0.2, -0.15) is 0 Å². The highest BCUT2D eigenvalue weighted by Crippen LogP contribution is 2.29. The van der Waals surface area contributed by atoms with Crippen molar-refractivity contribution in [3.63, 3.8) is 0 Å². The minimum atomic E-state index is -0.205. The van der Waals surface area contributed by atoms with Crippen molar-refractivity contribution in [3.05, 3.63) is 53.1 Å². The number of nitrogens with zero attached hydrogens (tertiary/aromatic N) is 1. The van der Waals surface area contributed by atoms with Crippen molar-refractivity contribution in [2.75, 3.05) is 11.9 Å². The molecule has 0 spiro atoms. The van der Waals surface area contributed by atoms with Gasteiger partial charge in [-0.25, -0.2) is 4.98 Å². The molecule has 1 amide bonds. The topological polar surface area (TPSA) is 51.2 Å². The molecule has 4 nitrogen and oxygen atoms in total. The van der Waals surface area contributed by atoms with E-state index < -0.39 is 0 Å².